The number of ether oxygens (including phenoxy) is 1. The lowest BCUT2D eigenvalue weighted by Gasteiger charge is -2.12. The number of nitrogens with one attached hydrogen (secondary N) is 1. The van der Waals surface area contributed by atoms with Gasteiger partial charge in [0.1, 0.15) is 0 Å². The summed E-state index contributed by atoms with van der Waals surface area (Å²) in [5, 5.41) is 8.51. The van der Waals surface area contributed by atoms with Gasteiger partial charge in [0.25, 0.3) is 0 Å². The molecule has 0 atom stereocenters. The van der Waals surface area contributed by atoms with Crippen molar-refractivity contribution in [1.82, 2.24) is 0 Å². The third-order valence-electron chi connectivity index (χ3n) is 2.55. The van der Waals surface area contributed by atoms with E-state index in [9.17, 15) is 13.2 Å². The highest BCUT2D eigenvalue weighted by molar-refractivity contribution is 7.92. The van der Waals surface area contributed by atoms with Crippen LogP contribution in [0.1, 0.15) is 25.3 Å². The highest BCUT2D eigenvalue weighted by Gasteiger charge is 2.13. The van der Waals surface area contributed by atoms with Crippen molar-refractivity contribution >= 4 is 21.7 Å². The lowest BCUT2D eigenvalue weighted by molar-refractivity contribution is -0.137. The molecule has 0 aliphatic heterocycles. The molecule has 0 saturated heterocycles. The number of rotatable bonds is 9. The SMILES string of the molecule is CCOCc1ccccc1NS(=O)(=O)CCCC(=O)O. The van der Waals surface area contributed by atoms with Crippen molar-refractivity contribution in [3.8, 4) is 0 Å². The van der Waals surface area contributed by atoms with Crippen LogP contribution in [0, 0.1) is 0 Å². The Morgan fingerprint density at radius 3 is 2.70 bits per heavy atom. The van der Waals surface area contributed by atoms with Gasteiger partial charge in [0.2, 0.25) is 10.0 Å². The van der Waals surface area contributed by atoms with E-state index in [0.717, 1.165) is 5.56 Å². The largest absolute Gasteiger partial charge is 0.481 e. The fraction of sp³-hybridized carbons (Fsp3) is 0.462. The molecule has 0 radical (unpaired) electrons. The van der Waals surface area contributed by atoms with Crippen LogP contribution in [0.15, 0.2) is 24.3 Å². The Morgan fingerprint density at radius 2 is 2.05 bits per heavy atom. The van der Waals surface area contributed by atoms with E-state index in [1.165, 1.54) is 0 Å². The molecule has 0 unspecified atom stereocenters. The highest BCUT2D eigenvalue weighted by Crippen LogP contribution is 2.18. The van der Waals surface area contributed by atoms with Gasteiger partial charge in [0, 0.05) is 18.6 Å². The minimum Gasteiger partial charge on any atom is -0.481 e. The minimum absolute atomic E-state index is 0.0816. The summed E-state index contributed by atoms with van der Waals surface area (Å²) < 4.78 is 31.5. The van der Waals surface area contributed by atoms with E-state index >= 15 is 0 Å². The van der Waals surface area contributed by atoms with Crippen LogP contribution >= 0.6 is 0 Å². The molecular formula is C13H19NO5S. The van der Waals surface area contributed by atoms with E-state index in [-0.39, 0.29) is 18.6 Å². The Hall–Kier alpha value is -1.60. The first-order valence-electron chi connectivity index (χ1n) is 6.32. The number of carboxylic acid groups (broad SMARTS) is 1. The van der Waals surface area contributed by atoms with Crippen molar-refractivity contribution in [2.45, 2.75) is 26.4 Å². The van der Waals surface area contributed by atoms with Gasteiger partial charge in [-0.15, -0.1) is 0 Å². The summed E-state index contributed by atoms with van der Waals surface area (Å²) in [6, 6.07) is 6.97. The molecule has 7 heteroatoms. The van der Waals surface area contributed by atoms with Gasteiger partial charge < -0.3 is 9.84 Å². The van der Waals surface area contributed by atoms with Gasteiger partial charge >= 0.3 is 5.97 Å². The molecular weight excluding hydrogens is 282 g/mol. The zero-order valence-corrected chi connectivity index (χ0v) is 12.1. The van der Waals surface area contributed by atoms with Gasteiger partial charge in [-0.1, -0.05) is 18.2 Å². The number of benzene rings is 1. The van der Waals surface area contributed by atoms with E-state index in [1.54, 1.807) is 24.3 Å². The minimum atomic E-state index is -3.55. The summed E-state index contributed by atoms with van der Waals surface area (Å²) in [5.74, 6) is -1.22. The van der Waals surface area contributed by atoms with Crippen molar-refractivity contribution in [1.29, 1.82) is 0 Å². The van der Waals surface area contributed by atoms with Crippen LogP contribution in [0.2, 0.25) is 0 Å². The Kier molecular flexibility index (Phi) is 6.47. The number of sulfonamides is 1. The van der Waals surface area contributed by atoms with Gasteiger partial charge in [0.15, 0.2) is 0 Å². The average molecular weight is 301 g/mol. The number of aliphatic carboxylic acids is 1. The van der Waals surface area contributed by atoms with Gasteiger partial charge in [-0.05, 0) is 19.4 Å². The Morgan fingerprint density at radius 1 is 1.35 bits per heavy atom. The van der Waals surface area contributed by atoms with Gasteiger partial charge in [-0.3, -0.25) is 9.52 Å². The average Bonchev–Trinajstić information content (AvgIpc) is 2.36. The third-order valence-corrected chi connectivity index (χ3v) is 3.91. The second kappa shape index (κ2) is 7.86. The number of para-hydroxylation sites is 1. The maximum atomic E-state index is 11.9. The van der Waals surface area contributed by atoms with Crippen molar-refractivity contribution in [2.24, 2.45) is 0 Å². The third kappa shape index (κ3) is 6.03. The predicted octanol–water partition coefficient (Wildman–Crippen LogP) is 1.83. The maximum Gasteiger partial charge on any atom is 0.303 e. The second-order valence-electron chi connectivity index (χ2n) is 4.21. The van der Waals surface area contributed by atoms with Crippen molar-refractivity contribution in [2.75, 3.05) is 17.1 Å². The molecule has 1 aromatic rings. The molecule has 20 heavy (non-hydrogen) atoms. The quantitative estimate of drug-likeness (QED) is 0.726. The van der Waals surface area contributed by atoms with E-state index < -0.39 is 16.0 Å². The second-order valence-corrected chi connectivity index (χ2v) is 6.05. The molecule has 0 aromatic heterocycles. The van der Waals surface area contributed by atoms with Crippen LogP contribution in [0.4, 0.5) is 5.69 Å². The van der Waals surface area contributed by atoms with Crippen LogP contribution in [0.25, 0.3) is 0 Å². The molecule has 0 amide bonds. The Labute approximate surface area is 118 Å². The lowest BCUT2D eigenvalue weighted by atomic mass is 10.2. The number of anilines is 1. The van der Waals surface area contributed by atoms with E-state index in [2.05, 4.69) is 4.72 Å². The van der Waals surface area contributed by atoms with E-state index in [4.69, 9.17) is 9.84 Å². The highest BCUT2D eigenvalue weighted by atomic mass is 32.2. The van der Waals surface area contributed by atoms with Gasteiger partial charge in [-0.2, -0.15) is 0 Å². The number of carbonyl (C=O) groups is 1. The molecule has 112 valence electrons. The van der Waals surface area contributed by atoms with Crippen LogP contribution in [0.3, 0.4) is 0 Å². The first-order valence-corrected chi connectivity index (χ1v) is 7.98. The monoisotopic (exact) mass is 301 g/mol. The number of carboxylic acids is 1. The first-order chi connectivity index (χ1) is 9.44. The zero-order chi connectivity index (χ0) is 15.0. The molecule has 0 saturated carbocycles. The molecule has 0 fully saturated rings. The van der Waals surface area contributed by atoms with Crippen LogP contribution in [0.5, 0.6) is 0 Å². The van der Waals surface area contributed by atoms with Crippen molar-refractivity contribution < 1.29 is 23.1 Å². The van der Waals surface area contributed by atoms with E-state index in [1.807, 2.05) is 6.92 Å². The van der Waals surface area contributed by atoms with Gasteiger partial charge in [0.05, 0.1) is 18.0 Å². The number of hydrogen-bond acceptors (Lipinski definition) is 4. The van der Waals surface area contributed by atoms with Crippen LogP contribution in [-0.2, 0) is 26.2 Å². The zero-order valence-electron chi connectivity index (χ0n) is 11.3. The van der Waals surface area contributed by atoms with Crippen LogP contribution < -0.4 is 4.72 Å². The normalized spacial score (nSPS) is 11.2. The summed E-state index contributed by atoms with van der Waals surface area (Å²) in [7, 11) is -3.55. The fourth-order valence-electron chi connectivity index (χ4n) is 1.59. The smallest absolute Gasteiger partial charge is 0.303 e. The lowest BCUT2D eigenvalue weighted by Crippen LogP contribution is -2.18. The molecule has 1 aromatic carbocycles. The summed E-state index contributed by atoms with van der Waals surface area (Å²) in [5.41, 5.74) is 1.22. The van der Waals surface area contributed by atoms with Crippen LogP contribution in [-0.4, -0.2) is 31.9 Å². The van der Waals surface area contributed by atoms with Crippen molar-refractivity contribution in [3.05, 3.63) is 29.8 Å². The first kappa shape index (κ1) is 16.5. The molecule has 6 nitrogen and oxygen atoms in total. The topological polar surface area (TPSA) is 92.7 Å². The summed E-state index contributed by atoms with van der Waals surface area (Å²) in [6.45, 7) is 2.72. The summed E-state index contributed by atoms with van der Waals surface area (Å²) in [6.07, 6.45) is -0.0835. The Balaban J connectivity index is 2.68. The molecule has 0 aliphatic carbocycles. The Bertz CT molecular complexity index is 541. The molecule has 0 spiro atoms. The predicted molar refractivity (Wildman–Crippen MR) is 76.1 cm³/mol. The molecule has 1 rings (SSSR count). The summed E-state index contributed by atoms with van der Waals surface area (Å²) >= 11 is 0. The standard InChI is InChI=1S/C13H19NO5S/c1-2-19-10-11-6-3-4-7-12(11)14-20(17,18)9-5-8-13(15)16/h3-4,6-7,14H,2,5,8-10H2,1H3,(H,15,16). The molecule has 0 heterocycles. The van der Waals surface area contributed by atoms with E-state index in [0.29, 0.717) is 18.9 Å². The maximum absolute atomic E-state index is 11.9. The molecule has 0 aliphatic rings. The summed E-state index contributed by atoms with van der Waals surface area (Å²) in [4.78, 5) is 10.4. The fourth-order valence-corrected chi connectivity index (χ4v) is 2.75. The molecule has 0 bridgehead atoms. The number of hydrogen-bond donors (Lipinski definition) is 2. The molecule has 2 N–H and O–H groups in total. The van der Waals surface area contributed by atoms with Gasteiger partial charge in [-0.25, -0.2) is 8.42 Å². The van der Waals surface area contributed by atoms with Crippen molar-refractivity contribution in [3.63, 3.8) is 0 Å².